The predicted octanol–water partition coefficient (Wildman–Crippen LogP) is 5.30. The molecule has 4 rings (SSSR count). The van der Waals surface area contributed by atoms with E-state index in [9.17, 15) is 14.3 Å². The van der Waals surface area contributed by atoms with Crippen molar-refractivity contribution >= 4 is 21.8 Å². The van der Waals surface area contributed by atoms with E-state index in [4.69, 9.17) is 0 Å². The van der Waals surface area contributed by atoms with Gasteiger partial charge in [-0.3, -0.25) is 4.79 Å². The smallest absolute Gasteiger partial charge is 0.270 e. The van der Waals surface area contributed by atoms with Crippen LogP contribution in [0.15, 0.2) is 59.1 Å². The fourth-order valence-electron chi connectivity index (χ4n) is 4.10. The standard InChI is InChI=1S/C28H26BrF2N3O2/c1-18-15-19(9-10-28(31)11-13-34(2)14-12-28)16-24(32-18)27(36)33-26(20-3-5-21(29)6-4-20)23-17-22(30)7-8-25(23)35/h3-8,15-17,26,35H,11-14H2,1-2H3,(H,33,36). The number of likely N-dealkylation sites (tertiary alicyclic amines) is 1. The maximum Gasteiger partial charge on any atom is 0.270 e. The summed E-state index contributed by atoms with van der Waals surface area (Å²) in [5, 5.41) is 13.3. The molecule has 1 aliphatic rings. The third-order valence-electron chi connectivity index (χ3n) is 6.18. The topological polar surface area (TPSA) is 65.5 Å². The highest BCUT2D eigenvalue weighted by Crippen LogP contribution is 2.31. The molecule has 1 saturated heterocycles. The zero-order valence-electron chi connectivity index (χ0n) is 20.0. The minimum absolute atomic E-state index is 0.0913. The molecule has 1 unspecified atom stereocenters. The van der Waals surface area contributed by atoms with E-state index in [1.165, 1.54) is 18.2 Å². The van der Waals surface area contributed by atoms with Gasteiger partial charge in [-0.2, -0.15) is 0 Å². The van der Waals surface area contributed by atoms with Gasteiger partial charge in [0.05, 0.1) is 6.04 Å². The number of rotatable bonds is 4. The van der Waals surface area contributed by atoms with Crippen molar-refractivity contribution in [3.05, 3.63) is 93.0 Å². The van der Waals surface area contributed by atoms with Crippen molar-refractivity contribution in [2.45, 2.75) is 31.5 Å². The summed E-state index contributed by atoms with van der Waals surface area (Å²) in [6.45, 7) is 3.00. The third-order valence-corrected chi connectivity index (χ3v) is 6.70. The molecular weight excluding hydrogens is 528 g/mol. The highest BCUT2D eigenvalue weighted by Gasteiger charge is 2.31. The molecule has 5 nitrogen and oxygen atoms in total. The molecule has 0 saturated carbocycles. The zero-order chi connectivity index (χ0) is 25.9. The molecular formula is C28H26BrF2N3O2. The maximum absolute atomic E-state index is 15.1. The number of hydrogen-bond acceptors (Lipinski definition) is 4. The van der Waals surface area contributed by atoms with Crippen molar-refractivity contribution in [2.24, 2.45) is 0 Å². The largest absolute Gasteiger partial charge is 0.508 e. The third kappa shape index (κ3) is 6.28. The van der Waals surface area contributed by atoms with Gasteiger partial charge >= 0.3 is 0 Å². The fraction of sp³-hybridized carbons (Fsp3) is 0.286. The molecule has 2 heterocycles. The van der Waals surface area contributed by atoms with Crippen LogP contribution in [0.5, 0.6) is 5.75 Å². The van der Waals surface area contributed by atoms with E-state index in [1.807, 2.05) is 7.05 Å². The van der Waals surface area contributed by atoms with E-state index < -0.39 is 23.4 Å². The van der Waals surface area contributed by atoms with Gasteiger partial charge in [-0.25, -0.2) is 13.8 Å². The average molecular weight is 554 g/mol. The number of piperidine rings is 1. The summed E-state index contributed by atoms with van der Waals surface area (Å²) in [4.78, 5) is 19.7. The van der Waals surface area contributed by atoms with E-state index in [1.54, 1.807) is 37.3 Å². The number of alkyl halides is 1. The summed E-state index contributed by atoms with van der Waals surface area (Å²) in [5.41, 5.74) is 0.415. The molecule has 0 radical (unpaired) electrons. The number of amides is 1. The number of benzene rings is 2. The van der Waals surface area contributed by atoms with E-state index in [0.29, 0.717) is 42.8 Å². The van der Waals surface area contributed by atoms with Gasteiger partial charge in [0.25, 0.3) is 5.91 Å². The Kier molecular flexibility index (Phi) is 7.72. The molecule has 186 valence electrons. The van der Waals surface area contributed by atoms with E-state index >= 15 is 4.39 Å². The van der Waals surface area contributed by atoms with Gasteiger partial charge in [0.1, 0.15) is 17.3 Å². The minimum atomic E-state index is -1.56. The second-order valence-corrected chi connectivity index (χ2v) is 9.98. The fourth-order valence-corrected chi connectivity index (χ4v) is 4.36. The van der Waals surface area contributed by atoms with Crippen LogP contribution in [-0.4, -0.2) is 46.7 Å². The lowest BCUT2D eigenvalue weighted by Gasteiger charge is -2.30. The predicted molar refractivity (Wildman–Crippen MR) is 138 cm³/mol. The van der Waals surface area contributed by atoms with Crippen LogP contribution in [0.3, 0.4) is 0 Å². The molecule has 3 aromatic rings. The SMILES string of the molecule is Cc1cc(C#CC2(F)CCN(C)CC2)cc(C(=O)NC(c2ccc(Br)cc2)c2cc(F)ccc2O)n1. The van der Waals surface area contributed by atoms with Crippen LogP contribution < -0.4 is 5.32 Å². The van der Waals surface area contributed by atoms with Gasteiger partial charge in [0, 0.05) is 47.2 Å². The number of phenolic OH excluding ortho intramolecular Hbond substituents is 1. The Hall–Kier alpha value is -3.28. The summed E-state index contributed by atoms with van der Waals surface area (Å²) in [7, 11) is 1.95. The van der Waals surface area contributed by atoms with Gasteiger partial charge in [-0.1, -0.05) is 39.9 Å². The molecule has 1 aliphatic heterocycles. The molecule has 0 aliphatic carbocycles. The number of aromatic nitrogens is 1. The molecule has 1 fully saturated rings. The summed E-state index contributed by atoms with van der Waals surface area (Å²) in [6, 6.07) is 13.1. The summed E-state index contributed by atoms with van der Waals surface area (Å²) >= 11 is 3.38. The lowest BCUT2D eigenvalue weighted by molar-refractivity contribution is 0.0937. The Morgan fingerprint density at radius 3 is 2.56 bits per heavy atom. The minimum Gasteiger partial charge on any atom is -0.508 e. The van der Waals surface area contributed by atoms with Crippen LogP contribution in [0.2, 0.25) is 0 Å². The highest BCUT2D eigenvalue weighted by atomic mass is 79.9. The van der Waals surface area contributed by atoms with Gasteiger partial charge < -0.3 is 15.3 Å². The van der Waals surface area contributed by atoms with Crippen molar-refractivity contribution in [1.29, 1.82) is 0 Å². The van der Waals surface area contributed by atoms with Gasteiger partial charge in [0.15, 0.2) is 5.67 Å². The Morgan fingerprint density at radius 2 is 1.86 bits per heavy atom. The van der Waals surface area contributed by atoms with Gasteiger partial charge in [-0.05, 0) is 62.0 Å². The number of nitrogens with zero attached hydrogens (tertiary/aromatic N) is 2. The van der Waals surface area contributed by atoms with E-state index in [-0.39, 0.29) is 17.0 Å². The Morgan fingerprint density at radius 1 is 1.17 bits per heavy atom. The second kappa shape index (κ2) is 10.8. The lowest BCUT2D eigenvalue weighted by Crippen LogP contribution is -2.38. The molecule has 8 heteroatoms. The van der Waals surface area contributed by atoms with Crippen LogP contribution in [0.1, 0.15) is 51.8 Å². The first-order valence-electron chi connectivity index (χ1n) is 11.6. The summed E-state index contributed by atoms with van der Waals surface area (Å²) in [6.07, 6.45) is 0.666. The molecule has 0 spiro atoms. The van der Waals surface area contributed by atoms with Gasteiger partial charge in [0.2, 0.25) is 0 Å². The number of carbonyl (C=O) groups excluding carboxylic acids is 1. The number of phenols is 1. The Balaban J connectivity index is 1.64. The Bertz CT molecular complexity index is 1330. The first-order chi connectivity index (χ1) is 17.1. The van der Waals surface area contributed by atoms with Crippen molar-refractivity contribution in [3.63, 3.8) is 0 Å². The van der Waals surface area contributed by atoms with Crippen molar-refractivity contribution in [3.8, 4) is 17.6 Å². The quantitative estimate of drug-likeness (QED) is 0.430. The van der Waals surface area contributed by atoms with Crippen LogP contribution >= 0.6 is 15.9 Å². The number of carbonyl (C=O) groups is 1. The molecule has 36 heavy (non-hydrogen) atoms. The van der Waals surface area contributed by atoms with Gasteiger partial charge in [-0.15, -0.1) is 0 Å². The maximum atomic E-state index is 15.1. The molecule has 1 aromatic heterocycles. The zero-order valence-corrected chi connectivity index (χ0v) is 21.6. The number of halogens is 3. The lowest BCUT2D eigenvalue weighted by atomic mass is 9.94. The van der Waals surface area contributed by atoms with Crippen molar-refractivity contribution in [1.82, 2.24) is 15.2 Å². The first kappa shape index (κ1) is 25.8. The van der Waals surface area contributed by atoms with E-state index in [2.05, 4.69) is 43.0 Å². The number of pyridine rings is 1. The first-order valence-corrected chi connectivity index (χ1v) is 12.4. The number of nitrogens with one attached hydrogen (secondary N) is 1. The van der Waals surface area contributed by atoms with Crippen LogP contribution in [0.4, 0.5) is 8.78 Å². The molecule has 1 amide bonds. The average Bonchev–Trinajstić information content (AvgIpc) is 2.85. The Labute approximate surface area is 217 Å². The normalized spacial score (nSPS) is 16.0. The number of hydrogen-bond donors (Lipinski definition) is 2. The molecule has 2 aromatic carbocycles. The molecule has 0 bridgehead atoms. The molecule has 2 N–H and O–H groups in total. The van der Waals surface area contributed by atoms with Crippen molar-refractivity contribution in [2.75, 3.05) is 20.1 Å². The van der Waals surface area contributed by atoms with Crippen LogP contribution in [0, 0.1) is 24.6 Å². The van der Waals surface area contributed by atoms with Crippen LogP contribution in [0.25, 0.3) is 0 Å². The summed E-state index contributed by atoms with van der Waals surface area (Å²) in [5.74, 6) is 4.41. The van der Waals surface area contributed by atoms with Crippen LogP contribution in [-0.2, 0) is 0 Å². The second-order valence-electron chi connectivity index (χ2n) is 9.06. The number of aromatic hydroxyl groups is 1. The highest BCUT2D eigenvalue weighted by molar-refractivity contribution is 9.10. The van der Waals surface area contributed by atoms with Crippen molar-refractivity contribution < 1.29 is 18.7 Å². The summed E-state index contributed by atoms with van der Waals surface area (Å²) < 4.78 is 30.0. The number of aryl methyl sites for hydroxylation is 1. The van der Waals surface area contributed by atoms with E-state index in [0.717, 1.165) is 10.5 Å². The molecule has 1 atom stereocenters. The monoisotopic (exact) mass is 553 g/mol.